The topological polar surface area (TPSA) is 37.9 Å². The molecule has 0 fully saturated rings. The van der Waals surface area contributed by atoms with Gasteiger partial charge in [-0.1, -0.05) is 30.3 Å². The highest BCUT2D eigenvalue weighted by molar-refractivity contribution is 5.93. The van der Waals surface area contributed by atoms with E-state index >= 15 is 0 Å². The van der Waals surface area contributed by atoms with E-state index in [2.05, 4.69) is 22.1 Å². The summed E-state index contributed by atoms with van der Waals surface area (Å²) < 4.78 is 5.90. The maximum absolute atomic E-state index is 5.90. The standard InChI is InChI=1S/C19H14N2O/c1-2-7-15(8-3-1)22-16-9-4-6-14(12-16)18-13-21-19-17(18)10-5-11-20-19/h1-13H,(H,20,21). The monoisotopic (exact) mass is 286 g/mol. The molecule has 4 aromatic rings. The molecule has 0 saturated carbocycles. The first-order valence-corrected chi connectivity index (χ1v) is 7.15. The van der Waals surface area contributed by atoms with Gasteiger partial charge in [-0.15, -0.1) is 0 Å². The van der Waals surface area contributed by atoms with Gasteiger partial charge in [0.15, 0.2) is 0 Å². The Kier molecular flexibility index (Phi) is 3.09. The fourth-order valence-electron chi connectivity index (χ4n) is 2.55. The maximum atomic E-state index is 5.90. The van der Waals surface area contributed by atoms with Crippen molar-refractivity contribution in [3.63, 3.8) is 0 Å². The van der Waals surface area contributed by atoms with Crippen molar-refractivity contribution in [2.24, 2.45) is 0 Å². The molecule has 0 aliphatic rings. The molecule has 0 amide bonds. The lowest BCUT2D eigenvalue weighted by atomic mass is 10.1. The Morgan fingerprint density at radius 3 is 2.59 bits per heavy atom. The average Bonchev–Trinajstić information content (AvgIpc) is 3.00. The van der Waals surface area contributed by atoms with Crippen LogP contribution in [0.3, 0.4) is 0 Å². The number of hydrogen-bond acceptors (Lipinski definition) is 2. The van der Waals surface area contributed by atoms with Crippen molar-refractivity contribution in [3.8, 4) is 22.6 Å². The number of para-hydroxylation sites is 1. The molecule has 0 spiro atoms. The summed E-state index contributed by atoms with van der Waals surface area (Å²) in [4.78, 5) is 7.53. The van der Waals surface area contributed by atoms with Gasteiger partial charge in [-0.25, -0.2) is 4.98 Å². The third kappa shape index (κ3) is 2.33. The Balaban J connectivity index is 1.73. The lowest BCUT2D eigenvalue weighted by molar-refractivity contribution is 0.483. The first kappa shape index (κ1) is 12.7. The molecule has 4 rings (SSSR count). The van der Waals surface area contributed by atoms with Gasteiger partial charge < -0.3 is 9.72 Å². The third-order valence-corrected chi connectivity index (χ3v) is 3.58. The summed E-state index contributed by atoms with van der Waals surface area (Å²) in [7, 11) is 0. The molecule has 0 aliphatic heterocycles. The molecule has 1 N–H and O–H groups in total. The van der Waals surface area contributed by atoms with E-state index in [9.17, 15) is 0 Å². The molecule has 0 saturated heterocycles. The highest BCUT2D eigenvalue weighted by atomic mass is 16.5. The number of aromatic nitrogens is 2. The molecule has 2 aromatic carbocycles. The minimum Gasteiger partial charge on any atom is -0.457 e. The Morgan fingerprint density at radius 1 is 0.818 bits per heavy atom. The molecular weight excluding hydrogens is 272 g/mol. The predicted octanol–water partition coefficient (Wildman–Crippen LogP) is 5.02. The van der Waals surface area contributed by atoms with Crippen molar-refractivity contribution >= 4 is 11.0 Å². The highest BCUT2D eigenvalue weighted by Gasteiger charge is 2.07. The second-order valence-electron chi connectivity index (χ2n) is 5.04. The summed E-state index contributed by atoms with van der Waals surface area (Å²) in [5, 5.41) is 1.11. The highest BCUT2D eigenvalue weighted by Crippen LogP contribution is 2.31. The van der Waals surface area contributed by atoms with Crippen LogP contribution in [-0.4, -0.2) is 9.97 Å². The van der Waals surface area contributed by atoms with Crippen molar-refractivity contribution in [1.29, 1.82) is 0 Å². The zero-order valence-electron chi connectivity index (χ0n) is 11.9. The van der Waals surface area contributed by atoms with Gasteiger partial charge in [-0.05, 0) is 42.0 Å². The van der Waals surface area contributed by atoms with Crippen molar-refractivity contribution in [1.82, 2.24) is 9.97 Å². The van der Waals surface area contributed by atoms with Gasteiger partial charge in [-0.2, -0.15) is 0 Å². The van der Waals surface area contributed by atoms with Gasteiger partial charge in [0.1, 0.15) is 17.1 Å². The van der Waals surface area contributed by atoms with Crippen LogP contribution in [0.25, 0.3) is 22.2 Å². The van der Waals surface area contributed by atoms with Crippen LogP contribution in [0.4, 0.5) is 0 Å². The van der Waals surface area contributed by atoms with Crippen LogP contribution in [-0.2, 0) is 0 Å². The second-order valence-corrected chi connectivity index (χ2v) is 5.04. The molecule has 2 aromatic heterocycles. The molecule has 0 bridgehead atoms. The van der Waals surface area contributed by atoms with Crippen LogP contribution in [0, 0.1) is 0 Å². The van der Waals surface area contributed by atoms with Crippen LogP contribution in [0.5, 0.6) is 11.5 Å². The summed E-state index contributed by atoms with van der Waals surface area (Å²) in [6.45, 7) is 0. The number of aromatic amines is 1. The first-order valence-electron chi connectivity index (χ1n) is 7.15. The Hall–Kier alpha value is -3.07. The van der Waals surface area contributed by atoms with E-state index < -0.39 is 0 Å². The number of hydrogen-bond donors (Lipinski definition) is 1. The van der Waals surface area contributed by atoms with E-state index in [-0.39, 0.29) is 0 Å². The van der Waals surface area contributed by atoms with E-state index in [0.29, 0.717) is 0 Å². The van der Waals surface area contributed by atoms with Gasteiger partial charge in [0.25, 0.3) is 0 Å². The number of benzene rings is 2. The fraction of sp³-hybridized carbons (Fsp3) is 0. The molecular formula is C19H14N2O. The molecule has 2 heterocycles. The van der Waals surface area contributed by atoms with Crippen LogP contribution in [0.1, 0.15) is 0 Å². The van der Waals surface area contributed by atoms with Gasteiger partial charge in [-0.3, -0.25) is 0 Å². The Morgan fingerprint density at radius 2 is 1.68 bits per heavy atom. The first-order chi connectivity index (χ1) is 10.9. The maximum Gasteiger partial charge on any atom is 0.137 e. The van der Waals surface area contributed by atoms with Crippen molar-refractivity contribution < 1.29 is 4.74 Å². The van der Waals surface area contributed by atoms with Gasteiger partial charge in [0, 0.05) is 23.3 Å². The van der Waals surface area contributed by atoms with Crippen molar-refractivity contribution in [2.45, 2.75) is 0 Å². The lowest BCUT2D eigenvalue weighted by Crippen LogP contribution is -1.84. The number of nitrogens with zero attached hydrogens (tertiary/aromatic N) is 1. The quantitative estimate of drug-likeness (QED) is 0.574. The van der Waals surface area contributed by atoms with E-state index in [0.717, 1.165) is 33.7 Å². The van der Waals surface area contributed by atoms with Crippen molar-refractivity contribution in [2.75, 3.05) is 0 Å². The largest absolute Gasteiger partial charge is 0.457 e. The number of nitrogens with one attached hydrogen (secondary N) is 1. The number of fused-ring (bicyclic) bond motifs is 1. The van der Waals surface area contributed by atoms with E-state index in [1.54, 1.807) is 6.20 Å². The summed E-state index contributed by atoms with van der Waals surface area (Å²) >= 11 is 0. The Labute approximate surface area is 128 Å². The van der Waals surface area contributed by atoms with Crippen molar-refractivity contribution in [3.05, 3.63) is 79.1 Å². The van der Waals surface area contributed by atoms with E-state index in [4.69, 9.17) is 4.74 Å². The molecule has 106 valence electrons. The Bertz CT molecular complexity index is 913. The van der Waals surface area contributed by atoms with E-state index in [1.165, 1.54) is 0 Å². The molecule has 0 aliphatic carbocycles. The SMILES string of the molecule is c1ccc(Oc2cccc(-c3c[nH]c4ncccc34)c2)cc1. The minimum absolute atomic E-state index is 0.821. The number of ether oxygens (including phenoxy) is 1. The molecule has 0 radical (unpaired) electrons. The van der Waals surface area contributed by atoms with Crippen LogP contribution < -0.4 is 4.74 Å². The fourth-order valence-corrected chi connectivity index (χ4v) is 2.55. The van der Waals surface area contributed by atoms with Gasteiger partial charge >= 0.3 is 0 Å². The number of rotatable bonds is 3. The minimum atomic E-state index is 0.821. The molecule has 3 heteroatoms. The molecule has 0 unspecified atom stereocenters. The summed E-state index contributed by atoms with van der Waals surface area (Å²) in [5.74, 6) is 1.65. The lowest BCUT2D eigenvalue weighted by Gasteiger charge is -2.07. The van der Waals surface area contributed by atoms with Crippen LogP contribution >= 0.6 is 0 Å². The normalized spacial score (nSPS) is 10.7. The number of pyridine rings is 1. The molecule has 3 nitrogen and oxygen atoms in total. The smallest absolute Gasteiger partial charge is 0.137 e. The van der Waals surface area contributed by atoms with Crippen LogP contribution in [0.15, 0.2) is 79.1 Å². The zero-order valence-corrected chi connectivity index (χ0v) is 11.9. The average molecular weight is 286 g/mol. The van der Waals surface area contributed by atoms with Gasteiger partial charge in [0.2, 0.25) is 0 Å². The molecule has 22 heavy (non-hydrogen) atoms. The molecule has 0 atom stereocenters. The summed E-state index contributed by atoms with van der Waals surface area (Å²) in [6.07, 6.45) is 3.77. The number of H-pyrrole nitrogens is 1. The van der Waals surface area contributed by atoms with E-state index in [1.807, 2.05) is 60.8 Å². The second kappa shape index (κ2) is 5.37. The predicted molar refractivity (Wildman–Crippen MR) is 88.0 cm³/mol. The third-order valence-electron chi connectivity index (χ3n) is 3.58. The van der Waals surface area contributed by atoms with Gasteiger partial charge in [0.05, 0.1) is 0 Å². The van der Waals surface area contributed by atoms with Crippen LogP contribution in [0.2, 0.25) is 0 Å². The summed E-state index contributed by atoms with van der Waals surface area (Å²) in [5.41, 5.74) is 3.13. The summed E-state index contributed by atoms with van der Waals surface area (Å²) in [6, 6.07) is 21.9. The zero-order chi connectivity index (χ0) is 14.8.